The Bertz CT molecular complexity index is 934. The Hall–Kier alpha value is -2.36. The summed E-state index contributed by atoms with van der Waals surface area (Å²) in [4.78, 5) is 58.4. The predicted molar refractivity (Wildman–Crippen MR) is 115 cm³/mol. The van der Waals surface area contributed by atoms with Gasteiger partial charge in [-0.05, 0) is 0 Å². The van der Waals surface area contributed by atoms with E-state index in [-0.39, 0.29) is 28.1 Å². The fraction of sp³-hybridized carbons (Fsp3) is 0.250. The number of nitro groups is 1. The Morgan fingerprint density at radius 1 is 0.710 bits per heavy atom. The number of hydrogen-bond acceptors (Lipinski definition) is 14. The molecular weight excluding hydrogens is 494 g/mol. The molecule has 0 saturated carbocycles. The minimum Gasteiger partial charge on any atom is -0.465 e. The van der Waals surface area contributed by atoms with Gasteiger partial charge < -0.3 is 18.9 Å². The number of rotatable bonds is 6. The lowest BCUT2D eigenvalue weighted by molar-refractivity contribution is -0.418. The molecule has 2 heterocycles. The summed E-state index contributed by atoms with van der Waals surface area (Å²) >= 11 is 2.96. The molecule has 0 unspecified atom stereocenters. The van der Waals surface area contributed by atoms with Crippen molar-refractivity contribution < 1.29 is 43.0 Å². The Morgan fingerprint density at radius 3 is 1.32 bits per heavy atom. The molecular formula is C16H13NO10S4. The van der Waals surface area contributed by atoms with Crippen molar-refractivity contribution in [3.8, 4) is 0 Å². The molecule has 0 aromatic rings. The van der Waals surface area contributed by atoms with Gasteiger partial charge in [-0.15, -0.1) is 0 Å². The molecule has 11 nitrogen and oxygen atoms in total. The molecule has 0 amide bonds. The first-order valence-electron chi connectivity index (χ1n) is 7.82. The van der Waals surface area contributed by atoms with Crippen molar-refractivity contribution in [3.63, 3.8) is 0 Å². The highest BCUT2D eigenvalue weighted by Gasteiger charge is 2.38. The lowest BCUT2D eigenvalue weighted by atomic mass is 10.5. The van der Waals surface area contributed by atoms with Crippen molar-refractivity contribution in [1.29, 1.82) is 0 Å². The van der Waals surface area contributed by atoms with E-state index in [2.05, 4.69) is 18.9 Å². The lowest BCUT2D eigenvalue weighted by Gasteiger charge is -2.00. The number of hydrogen-bond donors (Lipinski definition) is 0. The van der Waals surface area contributed by atoms with Crippen molar-refractivity contribution in [2.75, 3.05) is 28.4 Å². The quantitative estimate of drug-likeness (QED) is 0.224. The van der Waals surface area contributed by atoms with Crippen molar-refractivity contribution >= 4 is 70.9 Å². The molecule has 166 valence electrons. The molecule has 0 aliphatic carbocycles. The predicted octanol–water partition coefficient (Wildman–Crippen LogP) is 2.35. The number of carbonyl (C=O) groups excluding carboxylic acids is 4. The van der Waals surface area contributed by atoms with Crippen molar-refractivity contribution in [2.45, 2.75) is 0 Å². The van der Waals surface area contributed by atoms with Gasteiger partial charge in [0.1, 0.15) is 23.9 Å². The van der Waals surface area contributed by atoms with Crippen molar-refractivity contribution in [1.82, 2.24) is 0 Å². The van der Waals surface area contributed by atoms with E-state index < -0.39 is 34.5 Å². The van der Waals surface area contributed by atoms with E-state index in [1.165, 1.54) is 0 Å². The zero-order valence-corrected chi connectivity index (χ0v) is 19.5. The van der Waals surface area contributed by atoms with Crippen molar-refractivity contribution in [3.05, 3.63) is 50.0 Å². The molecule has 2 rings (SSSR count). The van der Waals surface area contributed by atoms with Gasteiger partial charge in [0, 0.05) is 6.08 Å². The minimum absolute atomic E-state index is 0.00522. The van der Waals surface area contributed by atoms with Gasteiger partial charge in [-0.1, -0.05) is 47.0 Å². The normalized spacial score (nSPS) is 15.6. The molecule has 0 radical (unpaired) electrons. The van der Waals surface area contributed by atoms with E-state index in [0.29, 0.717) is 23.5 Å². The van der Waals surface area contributed by atoms with Gasteiger partial charge in [0.05, 0.1) is 37.6 Å². The molecule has 0 bridgehead atoms. The fourth-order valence-corrected chi connectivity index (χ4v) is 6.78. The van der Waals surface area contributed by atoms with Crippen LogP contribution in [0.5, 0.6) is 0 Å². The molecule has 31 heavy (non-hydrogen) atoms. The molecule has 0 aromatic carbocycles. The van der Waals surface area contributed by atoms with E-state index in [1.807, 2.05) is 0 Å². The molecule has 0 atom stereocenters. The average Bonchev–Trinajstić information content (AvgIpc) is 3.39. The number of ether oxygens (including phenoxy) is 4. The van der Waals surface area contributed by atoms with Gasteiger partial charge in [-0.3, -0.25) is 10.1 Å². The second-order valence-electron chi connectivity index (χ2n) is 5.08. The summed E-state index contributed by atoms with van der Waals surface area (Å²) in [7, 11) is 4.46. The van der Waals surface area contributed by atoms with Crippen LogP contribution >= 0.6 is 47.0 Å². The Balaban J connectivity index is 2.46. The molecule has 0 fully saturated rings. The third kappa shape index (κ3) is 5.47. The highest BCUT2D eigenvalue weighted by molar-refractivity contribution is 8.30. The summed E-state index contributed by atoms with van der Waals surface area (Å²) in [5.41, 5.74) is -0.458. The van der Waals surface area contributed by atoms with Crippen LogP contribution in [0, 0.1) is 10.1 Å². The zero-order chi connectivity index (χ0) is 23.3. The summed E-state index contributed by atoms with van der Waals surface area (Å²) in [6.07, 6.45) is 1.12. The standard InChI is InChI=1S/C16H13NO10S4/c1-24-12(18)8-9(13(19)25-2)29-7(28-8)5-6(17(22)23)16-30-10(14(20)26-3)11(31-16)15(21)27-4/h5H,1-4H3. The summed E-state index contributed by atoms with van der Waals surface area (Å²) < 4.78 is 18.7. The maximum atomic E-state index is 12.0. The third-order valence-corrected chi connectivity index (χ3v) is 8.34. The Labute approximate surface area is 192 Å². The van der Waals surface area contributed by atoms with Gasteiger partial charge in [0.2, 0.25) is 0 Å². The topological polar surface area (TPSA) is 148 Å². The first-order chi connectivity index (χ1) is 14.7. The molecule has 0 saturated heterocycles. The maximum absolute atomic E-state index is 12.0. The van der Waals surface area contributed by atoms with Gasteiger partial charge in [0.25, 0.3) is 5.70 Å². The number of thioether (sulfide) groups is 4. The van der Waals surface area contributed by atoms with Crippen LogP contribution in [0.1, 0.15) is 0 Å². The number of esters is 4. The maximum Gasteiger partial charge on any atom is 0.346 e. The van der Waals surface area contributed by atoms with Gasteiger partial charge in [0.15, 0.2) is 0 Å². The number of nitrogens with zero attached hydrogens (tertiary/aromatic N) is 1. The zero-order valence-electron chi connectivity index (χ0n) is 16.2. The van der Waals surface area contributed by atoms with Crippen LogP contribution in [0.2, 0.25) is 0 Å². The van der Waals surface area contributed by atoms with Gasteiger partial charge >= 0.3 is 23.9 Å². The third-order valence-electron chi connectivity index (χ3n) is 3.35. The fourth-order valence-electron chi connectivity index (χ4n) is 1.98. The number of allylic oxidation sites excluding steroid dienone is 1. The average molecular weight is 508 g/mol. The van der Waals surface area contributed by atoms with Crippen LogP contribution in [0.15, 0.2) is 39.9 Å². The second-order valence-corrected chi connectivity index (χ2v) is 9.75. The first kappa shape index (κ1) is 24.9. The summed E-state index contributed by atoms with van der Waals surface area (Å²) in [5, 5.41) is 11.7. The van der Waals surface area contributed by atoms with Crippen LogP contribution in [0.25, 0.3) is 0 Å². The van der Waals surface area contributed by atoms with Crippen LogP contribution < -0.4 is 0 Å². The second kappa shape index (κ2) is 10.8. The van der Waals surface area contributed by atoms with Crippen molar-refractivity contribution in [2.24, 2.45) is 0 Å². The SMILES string of the molecule is COC(=O)C1=C(C(=O)OC)SC(=CC(=C2SC(C(=O)OC)=C(C(=O)OC)S2)[N+](=O)[O-])S1. The first-order valence-corrected chi connectivity index (χ1v) is 11.1. The minimum atomic E-state index is -0.851. The van der Waals surface area contributed by atoms with E-state index in [1.54, 1.807) is 0 Å². The molecule has 0 spiro atoms. The number of carbonyl (C=O) groups is 4. The van der Waals surface area contributed by atoms with Gasteiger partial charge in [-0.2, -0.15) is 0 Å². The summed E-state index contributed by atoms with van der Waals surface area (Å²) in [6, 6.07) is 0. The molecule has 0 N–H and O–H groups in total. The van der Waals surface area contributed by atoms with E-state index >= 15 is 0 Å². The van der Waals surface area contributed by atoms with Crippen LogP contribution in [0.4, 0.5) is 0 Å². The monoisotopic (exact) mass is 507 g/mol. The van der Waals surface area contributed by atoms with E-state index in [9.17, 15) is 29.3 Å². The van der Waals surface area contributed by atoms with E-state index in [0.717, 1.165) is 58.0 Å². The summed E-state index contributed by atoms with van der Waals surface area (Å²) in [6.45, 7) is 0. The molecule has 2 aliphatic heterocycles. The highest BCUT2D eigenvalue weighted by Crippen LogP contribution is 2.54. The van der Waals surface area contributed by atoms with Gasteiger partial charge in [-0.25, -0.2) is 19.2 Å². The van der Waals surface area contributed by atoms with Crippen LogP contribution in [-0.4, -0.2) is 57.2 Å². The molecule has 0 aromatic heterocycles. The summed E-state index contributed by atoms with van der Waals surface area (Å²) in [5.74, 6) is -3.31. The lowest BCUT2D eigenvalue weighted by Crippen LogP contribution is -2.08. The Kier molecular flexibility index (Phi) is 8.67. The molecule has 2 aliphatic rings. The smallest absolute Gasteiger partial charge is 0.346 e. The largest absolute Gasteiger partial charge is 0.465 e. The number of methoxy groups -OCH3 is 4. The van der Waals surface area contributed by atoms with E-state index in [4.69, 9.17) is 0 Å². The molecule has 15 heteroatoms. The van der Waals surface area contributed by atoms with Crippen LogP contribution in [0.3, 0.4) is 0 Å². The highest BCUT2D eigenvalue weighted by atomic mass is 32.2. The Morgan fingerprint density at radius 2 is 1.03 bits per heavy atom. The van der Waals surface area contributed by atoms with Crippen LogP contribution in [-0.2, 0) is 38.1 Å².